The molecule has 1 amide bonds. The fourth-order valence-corrected chi connectivity index (χ4v) is 2.97. The second kappa shape index (κ2) is 6.33. The molecule has 5 heteroatoms. The summed E-state index contributed by atoms with van der Waals surface area (Å²) in [6, 6.07) is 6.46. The summed E-state index contributed by atoms with van der Waals surface area (Å²) in [6.07, 6.45) is 1.53. The van der Waals surface area contributed by atoms with Crippen LogP contribution in [-0.2, 0) is 4.79 Å². The molecule has 0 aromatic heterocycles. The molecule has 4 nitrogen and oxygen atoms in total. The number of carbonyl (C=O) groups is 1. The standard InChI is InChI=1S/C15H22FN3O/c1-10(17)14(11-2-4-13(16)5-3-11)19-8-6-12(7-9-19)15(18)20/h2-5,10,12,14H,6-9,17H2,1H3,(H2,18,20). The molecule has 0 spiro atoms. The molecule has 2 unspecified atom stereocenters. The van der Waals surface area contributed by atoms with Crippen LogP contribution in [0.25, 0.3) is 0 Å². The Kier molecular flexibility index (Phi) is 4.73. The molecular weight excluding hydrogens is 257 g/mol. The van der Waals surface area contributed by atoms with E-state index in [1.807, 2.05) is 6.92 Å². The topological polar surface area (TPSA) is 72.3 Å². The number of rotatable bonds is 4. The van der Waals surface area contributed by atoms with Crippen LogP contribution < -0.4 is 11.5 Å². The van der Waals surface area contributed by atoms with Gasteiger partial charge in [-0.2, -0.15) is 0 Å². The molecule has 1 fully saturated rings. The second-order valence-electron chi connectivity index (χ2n) is 5.57. The molecule has 1 heterocycles. The van der Waals surface area contributed by atoms with Crippen molar-refractivity contribution in [2.45, 2.75) is 31.8 Å². The highest BCUT2D eigenvalue weighted by Crippen LogP contribution is 2.28. The Bertz CT molecular complexity index is 453. The number of nitrogens with two attached hydrogens (primary N) is 2. The summed E-state index contributed by atoms with van der Waals surface area (Å²) < 4.78 is 13.0. The highest BCUT2D eigenvalue weighted by Gasteiger charge is 2.30. The lowest BCUT2D eigenvalue weighted by molar-refractivity contribution is -0.123. The van der Waals surface area contributed by atoms with Crippen LogP contribution in [0.5, 0.6) is 0 Å². The minimum atomic E-state index is -0.246. The van der Waals surface area contributed by atoms with E-state index < -0.39 is 0 Å². The molecule has 1 aromatic carbocycles. The molecule has 0 saturated carbocycles. The van der Waals surface area contributed by atoms with Gasteiger partial charge >= 0.3 is 0 Å². The molecule has 0 radical (unpaired) electrons. The van der Waals surface area contributed by atoms with E-state index in [4.69, 9.17) is 11.5 Å². The number of hydrogen-bond donors (Lipinski definition) is 2. The maximum Gasteiger partial charge on any atom is 0.220 e. The Hall–Kier alpha value is -1.46. The third-order valence-electron chi connectivity index (χ3n) is 4.03. The third kappa shape index (κ3) is 3.35. The summed E-state index contributed by atoms with van der Waals surface area (Å²) in [5.74, 6) is -0.499. The average molecular weight is 279 g/mol. The molecule has 0 aliphatic carbocycles. The Morgan fingerprint density at radius 2 is 1.85 bits per heavy atom. The first-order valence-electron chi connectivity index (χ1n) is 7.03. The fraction of sp³-hybridized carbons (Fsp3) is 0.533. The fourth-order valence-electron chi connectivity index (χ4n) is 2.97. The zero-order chi connectivity index (χ0) is 14.7. The van der Waals surface area contributed by atoms with Gasteiger partial charge in [0.25, 0.3) is 0 Å². The van der Waals surface area contributed by atoms with Crippen molar-refractivity contribution in [1.29, 1.82) is 0 Å². The van der Waals surface area contributed by atoms with Gasteiger partial charge in [0.15, 0.2) is 0 Å². The van der Waals surface area contributed by atoms with Crippen molar-refractivity contribution in [2.75, 3.05) is 13.1 Å². The molecule has 4 N–H and O–H groups in total. The minimum Gasteiger partial charge on any atom is -0.369 e. The van der Waals surface area contributed by atoms with E-state index in [0.29, 0.717) is 0 Å². The van der Waals surface area contributed by atoms with Crippen molar-refractivity contribution in [3.63, 3.8) is 0 Å². The van der Waals surface area contributed by atoms with Gasteiger partial charge < -0.3 is 11.5 Å². The zero-order valence-corrected chi connectivity index (χ0v) is 11.8. The molecular formula is C15H22FN3O. The van der Waals surface area contributed by atoms with Crippen LogP contribution in [0.1, 0.15) is 31.4 Å². The lowest BCUT2D eigenvalue weighted by Gasteiger charge is -2.39. The van der Waals surface area contributed by atoms with E-state index in [-0.39, 0.29) is 29.7 Å². The van der Waals surface area contributed by atoms with Crippen molar-refractivity contribution in [3.8, 4) is 0 Å². The van der Waals surface area contributed by atoms with Crippen LogP contribution in [0, 0.1) is 11.7 Å². The Labute approximate surface area is 118 Å². The average Bonchev–Trinajstić information content (AvgIpc) is 2.41. The number of carbonyl (C=O) groups excluding carboxylic acids is 1. The van der Waals surface area contributed by atoms with E-state index in [1.165, 1.54) is 12.1 Å². The highest BCUT2D eigenvalue weighted by molar-refractivity contribution is 5.76. The van der Waals surface area contributed by atoms with Gasteiger partial charge in [-0.3, -0.25) is 9.69 Å². The van der Waals surface area contributed by atoms with Gasteiger partial charge in [-0.1, -0.05) is 12.1 Å². The Balaban J connectivity index is 2.10. The summed E-state index contributed by atoms with van der Waals surface area (Å²) in [5, 5.41) is 0. The predicted octanol–water partition coefficient (Wildman–Crippen LogP) is 1.41. The molecule has 1 aromatic rings. The smallest absolute Gasteiger partial charge is 0.220 e. The number of nitrogens with zero attached hydrogens (tertiary/aromatic N) is 1. The van der Waals surface area contributed by atoms with Gasteiger partial charge in [0.2, 0.25) is 5.91 Å². The second-order valence-corrected chi connectivity index (χ2v) is 5.57. The summed E-state index contributed by atoms with van der Waals surface area (Å²) >= 11 is 0. The number of primary amides is 1. The van der Waals surface area contributed by atoms with E-state index in [9.17, 15) is 9.18 Å². The highest BCUT2D eigenvalue weighted by atomic mass is 19.1. The van der Waals surface area contributed by atoms with E-state index >= 15 is 0 Å². The quantitative estimate of drug-likeness (QED) is 0.875. The molecule has 2 atom stereocenters. The first-order valence-corrected chi connectivity index (χ1v) is 7.03. The minimum absolute atomic E-state index is 0.0341. The predicted molar refractivity (Wildman–Crippen MR) is 76.3 cm³/mol. The Morgan fingerprint density at radius 3 is 2.30 bits per heavy atom. The van der Waals surface area contributed by atoms with Crippen molar-refractivity contribution >= 4 is 5.91 Å². The van der Waals surface area contributed by atoms with Gasteiger partial charge in [0.05, 0.1) is 0 Å². The number of hydrogen-bond acceptors (Lipinski definition) is 3. The van der Waals surface area contributed by atoms with Crippen molar-refractivity contribution < 1.29 is 9.18 Å². The van der Waals surface area contributed by atoms with Crippen molar-refractivity contribution in [1.82, 2.24) is 4.90 Å². The maximum absolute atomic E-state index is 13.0. The largest absolute Gasteiger partial charge is 0.369 e. The number of benzene rings is 1. The van der Waals surface area contributed by atoms with Crippen molar-refractivity contribution in [2.24, 2.45) is 17.4 Å². The van der Waals surface area contributed by atoms with E-state index in [0.717, 1.165) is 31.5 Å². The van der Waals surface area contributed by atoms with Crippen LogP contribution in [0.2, 0.25) is 0 Å². The number of halogens is 1. The normalized spacial score (nSPS) is 20.6. The summed E-state index contributed by atoms with van der Waals surface area (Å²) in [5.41, 5.74) is 12.5. The van der Waals surface area contributed by atoms with Crippen molar-refractivity contribution in [3.05, 3.63) is 35.6 Å². The Morgan fingerprint density at radius 1 is 1.30 bits per heavy atom. The number of piperidine rings is 1. The van der Waals surface area contributed by atoms with Gasteiger partial charge in [-0.05, 0) is 50.6 Å². The van der Waals surface area contributed by atoms with E-state index in [2.05, 4.69) is 4.90 Å². The van der Waals surface area contributed by atoms with E-state index in [1.54, 1.807) is 12.1 Å². The molecule has 1 saturated heterocycles. The molecule has 2 rings (SSSR count). The van der Waals surface area contributed by atoms with Crippen LogP contribution >= 0.6 is 0 Å². The van der Waals surface area contributed by atoms with Gasteiger partial charge in [-0.15, -0.1) is 0 Å². The maximum atomic E-state index is 13.0. The lowest BCUT2D eigenvalue weighted by Crippen LogP contribution is -2.45. The molecule has 0 bridgehead atoms. The molecule has 1 aliphatic heterocycles. The summed E-state index contributed by atoms with van der Waals surface area (Å²) in [6.45, 7) is 3.53. The third-order valence-corrected chi connectivity index (χ3v) is 4.03. The summed E-state index contributed by atoms with van der Waals surface area (Å²) in [7, 11) is 0. The first kappa shape index (κ1) is 14.9. The molecule has 110 valence electrons. The lowest BCUT2D eigenvalue weighted by atomic mass is 9.91. The van der Waals surface area contributed by atoms with Gasteiger partial charge in [-0.25, -0.2) is 4.39 Å². The van der Waals surface area contributed by atoms with Crippen LogP contribution in [0.3, 0.4) is 0 Å². The summed E-state index contributed by atoms with van der Waals surface area (Å²) in [4.78, 5) is 13.5. The molecule has 20 heavy (non-hydrogen) atoms. The SMILES string of the molecule is CC(N)C(c1ccc(F)cc1)N1CCC(C(N)=O)CC1. The van der Waals surface area contributed by atoms with Crippen LogP contribution in [-0.4, -0.2) is 29.9 Å². The van der Waals surface area contributed by atoms with Crippen LogP contribution in [0.15, 0.2) is 24.3 Å². The number of amides is 1. The monoisotopic (exact) mass is 279 g/mol. The number of likely N-dealkylation sites (tertiary alicyclic amines) is 1. The van der Waals surface area contributed by atoms with Crippen LogP contribution in [0.4, 0.5) is 4.39 Å². The zero-order valence-electron chi connectivity index (χ0n) is 11.8. The van der Waals surface area contributed by atoms with Gasteiger partial charge in [0, 0.05) is 18.0 Å². The first-order chi connectivity index (χ1) is 9.49. The van der Waals surface area contributed by atoms with Gasteiger partial charge in [0.1, 0.15) is 5.82 Å². The molecule has 1 aliphatic rings.